The Morgan fingerprint density at radius 3 is 2.44 bits per heavy atom. The van der Waals surface area contributed by atoms with Crippen LogP contribution in [-0.2, 0) is 4.79 Å². The SMILES string of the molecule is C=C[C@@H]1NC(=O)NC1=O. The third-order valence-corrected chi connectivity index (χ3v) is 1.04. The summed E-state index contributed by atoms with van der Waals surface area (Å²) < 4.78 is 0. The zero-order valence-electron chi connectivity index (χ0n) is 4.68. The van der Waals surface area contributed by atoms with Gasteiger partial charge in [-0.05, 0) is 0 Å². The molecule has 1 fully saturated rings. The van der Waals surface area contributed by atoms with Crippen molar-refractivity contribution in [3.05, 3.63) is 12.7 Å². The molecule has 1 aliphatic rings. The number of carbonyl (C=O) groups excluding carboxylic acids is 2. The second-order valence-corrected chi connectivity index (χ2v) is 1.68. The predicted molar refractivity (Wildman–Crippen MR) is 30.7 cm³/mol. The second kappa shape index (κ2) is 1.89. The molecule has 3 amide bonds. The van der Waals surface area contributed by atoms with Crippen LogP contribution in [0.3, 0.4) is 0 Å². The molecule has 2 N–H and O–H groups in total. The molecule has 1 aliphatic heterocycles. The van der Waals surface area contributed by atoms with Crippen molar-refractivity contribution in [2.24, 2.45) is 0 Å². The Balaban J connectivity index is 2.68. The van der Waals surface area contributed by atoms with Gasteiger partial charge >= 0.3 is 6.03 Å². The van der Waals surface area contributed by atoms with Gasteiger partial charge in [0.15, 0.2) is 0 Å². The summed E-state index contributed by atoms with van der Waals surface area (Å²) in [6.45, 7) is 3.35. The van der Waals surface area contributed by atoms with Crippen molar-refractivity contribution in [2.75, 3.05) is 0 Å². The summed E-state index contributed by atoms with van der Waals surface area (Å²) in [6, 6.07) is -0.998. The first-order valence-electron chi connectivity index (χ1n) is 2.48. The lowest BCUT2D eigenvalue weighted by atomic mass is 10.3. The molecule has 0 aromatic rings. The Morgan fingerprint density at radius 1 is 1.56 bits per heavy atom. The van der Waals surface area contributed by atoms with Crippen LogP contribution < -0.4 is 10.6 Å². The van der Waals surface area contributed by atoms with E-state index in [1.165, 1.54) is 6.08 Å². The molecule has 9 heavy (non-hydrogen) atoms. The van der Waals surface area contributed by atoms with Crippen molar-refractivity contribution in [3.8, 4) is 0 Å². The highest BCUT2D eigenvalue weighted by molar-refractivity contribution is 6.05. The smallest absolute Gasteiger partial charge is 0.322 e. The number of amides is 3. The van der Waals surface area contributed by atoms with Gasteiger partial charge in [-0.15, -0.1) is 6.58 Å². The van der Waals surface area contributed by atoms with E-state index >= 15 is 0 Å². The van der Waals surface area contributed by atoms with Gasteiger partial charge in [-0.1, -0.05) is 6.08 Å². The average molecular weight is 126 g/mol. The minimum atomic E-state index is -0.544. The number of imide groups is 1. The predicted octanol–water partition coefficient (Wildman–Crippen LogP) is -0.620. The highest BCUT2D eigenvalue weighted by atomic mass is 16.2. The van der Waals surface area contributed by atoms with Gasteiger partial charge in [0, 0.05) is 0 Å². The first-order chi connectivity index (χ1) is 4.24. The van der Waals surface area contributed by atoms with Crippen LogP contribution >= 0.6 is 0 Å². The van der Waals surface area contributed by atoms with Crippen molar-refractivity contribution in [1.82, 2.24) is 10.6 Å². The molecule has 48 valence electrons. The van der Waals surface area contributed by atoms with Crippen LogP contribution in [0.2, 0.25) is 0 Å². The summed E-state index contributed by atoms with van der Waals surface area (Å²) in [5, 5.41) is 4.39. The lowest BCUT2D eigenvalue weighted by Gasteiger charge is -1.94. The summed E-state index contributed by atoms with van der Waals surface area (Å²) in [4.78, 5) is 20.9. The Bertz CT molecular complexity index is 176. The van der Waals surface area contributed by atoms with Gasteiger partial charge in [0.1, 0.15) is 6.04 Å². The molecule has 0 radical (unpaired) electrons. The number of urea groups is 1. The van der Waals surface area contributed by atoms with E-state index < -0.39 is 12.1 Å². The second-order valence-electron chi connectivity index (χ2n) is 1.68. The number of carbonyl (C=O) groups is 2. The largest absolute Gasteiger partial charge is 0.322 e. The van der Waals surface area contributed by atoms with Crippen LogP contribution in [-0.4, -0.2) is 18.0 Å². The molecule has 4 nitrogen and oxygen atoms in total. The number of nitrogens with one attached hydrogen (secondary N) is 2. The summed E-state index contributed by atoms with van der Waals surface area (Å²) in [5.41, 5.74) is 0. The molecular weight excluding hydrogens is 120 g/mol. The van der Waals surface area contributed by atoms with Crippen molar-refractivity contribution in [1.29, 1.82) is 0 Å². The highest BCUT2D eigenvalue weighted by Crippen LogP contribution is 1.91. The normalized spacial score (nSPS) is 25.1. The number of hydrogen-bond acceptors (Lipinski definition) is 2. The first kappa shape index (κ1) is 5.81. The van der Waals surface area contributed by atoms with E-state index in [1.54, 1.807) is 0 Å². The lowest BCUT2D eigenvalue weighted by molar-refractivity contribution is -0.119. The van der Waals surface area contributed by atoms with Gasteiger partial charge < -0.3 is 5.32 Å². The molecule has 0 spiro atoms. The Morgan fingerprint density at radius 2 is 2.22 bits per heavy atom. The van der Waals surface area contributed by atoms with Crippen molar-refractivity contribution >= 4 is 11.9 Å². The van der Waals surface area contributed by atoms with E-state index in [2.05, 4.69) is 17.2 Å². The van der Waals surface area contributed by atoms with Crippen LogP contribution in [0.25, 0.3) is 0 Å². The zero-order valence-corrected chi connectivity index (χ0v) is 4.68. The molecule has 1 heterocycles. The van der Waals surface area contributed by atoms with Crippen LogP contribution in [0.15, 0.2) is 12.7 Å². The van der Waals surface area contributed by atoms with Crippen LogP contribution in [0.5, 0.6) is 0 Å². The molecule has 1 saturated heterocycles. The molecule has 4 heteroatoms. The fourth-order valence-corrected chi connectivity index (χ4v) is 0.598. The first-order valence-corrected chi connectivity index (χ1v) is 2.48. The van der Waals surface area contributed by atoms with Gasteiger partial charge in [0.05, 0.1) is 0 Å². The molecule has 1 rings (SSSR count). The Kier molecular flexibility index (Phi) is 1.22. The maximum absolute atomic E-state index is 10.6. The molecule has 0 aliphatic carbocycles. The summed E-state index contributed by atoms with van der Waals surface area (Å²) in [7, 11) is 0. The monoisotopic (exact) mass is 126 g/mol. The van der Waals surface area contributed by atoms with E-state index in [-0.39, 0.29) is 5.91 Å². The topological polar surface area (TPSA) is 58.2 Å². The molecule has 0 aromatic carbocycles. The van der Waals surface area contributed by atoms with Gasteiger partial charge in [-0.3, -0.25) is 10.1 Å². The summed E-state index contributed by atoms with van der Waals surface area (Å²) in [5.74, 6) is -0.338. The van der Waals surface area contributed by atoms with Crippen LogP contribution in [0.4, 0.5) is 4.79 Å². The Hall–Kier alpha value is -1.32. The molecular formula is C5H6N2O2. The van der Waals surface area contributed by atoms with E-state index in [0.717, 1.165) is 0 Å². The van der Waals surface area contributed by atoms with E-state index in [1.807, 2.05) is 0 Å². The molecule has 0 unspecified atom stereocenters. The third-order valence-electron chi connectivity index (χ3n) is 1.04. The maximum Gasteiger partial charge on any atom is 0.322 e. The number of hydrogen-bond donors (Lipinski definition) is 2. The van der Waals surface area contributed by atoms with Crippen molar-refractivity contribution < 1.29 is 9.59 Å². The minimum Gasteiger partial charge on any atom is -0.322 e. The molecule has 0 saturated carbocycles. The maximum atomic E-state index is 10.6. The average Bonchev–Trinajstić information content (AvgIpc) is 2.10. The van der Waals surface area contributed by atoms with Gasteiger partial charge in [-0.2, -0.15) is 0 Å². The van der Waals surface area contributed by atoms with Crippen molar-refractivity contribution in [2.45, 2.75) is 6.04 Å². The third kappa shape index (κ3) is 0.910. The van der Waals surface area contributed by atoms with Crippen molar-refractivity contribution in [3.63, 3.8) is 0 Å². The van der Waals surface area contributed by atoms with E-state index in [9.17, 15) is 9.59 Å². The molecule has 1 atom stereocenters. The molecule has 0 bridgehead atoms. The summed E-state index contributed by atoms with van der Waals surface area (Å²) in [6.07, 6.45) is 1.38. The quantitative estimate of drug-likeness (QED) is 0.363. The van der Waals surface area contributed by atoms with E-state index in [0.29, 0.717) is 0 Å². The highest BCUT2D eigenvalue weighted by Gasteiger charge is 2.25. The standard InChI is InChI=1S/C5H6N2O2/c1-2-3-4(8)7-5(9)6-3/h2-3H,1H2,(H2,6,7,8,9)/t3-/m0/s1. The minimum absolute atomic E-state index is 0.338. The van der Waals surface area contributed by atoms with Crippen LogP contribution in [0.1, 0.15) is 0 Å². The lowest BCUT2D eigenvalue weighted by Crippen LogP contribution is -2.25. The molecule has 0 aromatic heterocycles. The fraction of sp³-hybridized carbons (Fsp3) is 0.200. The summed E-state index contributed by atoms with van der Waals surface area (Å²) >= 11 is 0. The zero-order chi connectivity index (χ0) is 6.85. The van der Waals surface area contributed by atoms with Crippen LogP contribution in [0, 0.1) is 0 Å². The van der Waals surface area contributed by atoms with Gasteiger partial charge in [0.2, 0.25) is 0 Å². The fourth-order valence-electron chi connectivity index (χ4n) is 0.598. The van der Waals surface area contributed by atoms with Gasteiger partial charge in [0.25, 0.3) is 5.91 Å². The number of rotatable bonds is 1. The van der Waals surface area contributed by atoms with E-state index in [4.69, 9.17) is 0 Å². The van der Waals surface area contributed by atoms with Gasteiger partial charge in [-0.25, -0.2) is 4.79 Å². The Labute approximate surface area is 51.9 Å².